The zero-order valence-corrected chi connectivity index (χ0v) is 20.8. The van der Waals surface area contributed by atoms with Crippen molar-refractivity contribution in [1.82, 2.24) is 9.97 Å². The van der Waals surface area contributed by atoms with Crippen LogP contribution in [0.4, 0.5) is 23.1 Å². The van der Waals surface area contributed by atoms with Crippen molar-refractivity contribution in [3.63, 3.8) is 0 Å². The molecule has 2 heterocycles. The standard InChI is InChI=1S/C27H27N5O3S/c1-18-17-25(32-13-15-35-16-14-32)30-27(28-18)29-21-7-9-22(10-8-21)31-36(33,34)24-12-6-20-4-2-3-19-5-11-23(24)26(19)20/h2-4,6-10,12,17,31H,5,11,13-16H2,1H3,(H,28,29,30). The molecule has 0 spiro atoms. The lowest BCUT2D eigenvalue weighted by Crippen LogP contribution is -2.36. The molecule has 1 aromatic heterocycles. The maximum absolute atomic E-state index is 13.3. The number of sulfonamides is 1. The summed E-state index contributed by atoms with van der Waals surface area (Å²) in [7, 11) is -3.72. The monoisotopic (exact) mass is 501 g/mol. The SMILES string of the molecule is Cc1cc(N2CCOCC2)nc(Nc2ccc(NS(=O)(=O)c3ccc4cccc5c4c3CC5)cc2)n1. The Hall–Kier alpha value is -3.69. The lowest BCUT2D eigenvalue weighted by atomic mass is 10.1. The molecule has 0 unspecified atom stereocenters. The molecule has 1 aliphatic carbocycles. The van der Waals surface area contributed by atoms with Crippen LogP contribution in [0.25, 0.3) is 10.8 Å². The van der Waals surface area contributed by atoms with Gasteiger partial charge in [-0.1, -0.05) is 24.3 Å². The number of hydrogen-bond donors (Lipinski definition) is 2. The molecule has 1 fully saturated rings. The van der Waals surface area contributed by atoms with Crippen molar-refractivity contribution in [2.45, 2.75) is 24.7 Å². The number of morpholine rings is 1. The second-order valence-electron chi connectivity index (χ2n) is 9.16. The number of hydrogen-bond acceptors (Lipinski definition) is 7. The molecule has 0 saturated carbocycles. The minimum Gasteiger partial charge on any atom is -0.378 e. The van der Waals surface area contributed by atoms with Gasteiger partial charge in [0.15, 0.2) is 0 Å². The summed E-state index contributed by atoms with van der Waals surface area (Å²) in [5.41, 5.74) is 4.25. The van der Waals surface area contributed by atoms with E-state index in [9.17, 15) is 8.42 Å². The molecule has 0 radical (unpaired) electrons. The Kier molecular flexibility index (Phi) is 5.73. The third-order valence-corrected chi connectivity index (χ3v) is 8.17. The maximum atomic E-state index is 13.3. The molecule has 2 aliphatic rings. The van der Waals surface area contributed by atoms with Crippen LogP contribution in [0.3, 0.4) is 0 Å². The number of nitrogens with one attached hydrogen (secondary N) is 2. The molecule has 8 nitrogen and oxygen atoms in total. The van der Waals surface area contributed by atoms with Gasteiger partial charge in [0.2, 0.25) is 5.95 Å². The van der Waals surface area contributed by atoms with E-state index in [0.717, 1.165) is 59.5 Å². The van der Waals surface area contributed by atoms with Crippen molar-refractivity contribution in [2.24, 2.45) is 0 Å². The summed E-state index contributed by atoms with van der Waals surface area (Å²) < 4.78 is 34.8. The van der Waals surface area contributed by atoms with Crippen LogP contribution in [-0.2, 0) is 27.6 Å². The van der Waals surface area contributed by atoms with Crippen LogP contribution in [-0.4, -0.2) is 44.7 Å². The summed E-state index contributed by atoms with van der Waals surface area (Å²) in [5.74, 6) is 1.37. The van der Waals surface area contributed by atoms with E-state index in [2.05, 4.69) is 31.0 Å². The van der Waals surface area contributed by atoms with E-state index < -0.39 is 10.0 Å². The minimum absolute atomic E-state index is 0.353. The predicted octanol–water partition coefficient (Wildman–Crippen LogP) is 4.42. The van der Waals surface area contributed by atoms with Crippen molar-refractivity contribution >= 4 is 43.9 Å². The zero-order chi connectivity index (χ0) is 24.7. The van der Waals surface area contributed by atoms with E-state index in [1.165, 1.54) is 5.56 Å². The van der Waals surface area contributed by atoms with Gasteiger partial charge < -0.3 is 15.0 Å². The topological polar surface area (TPSA) is 96.5 Å². The molecule has 184 valence electrons. The highest BCUT2D eigenvalue weighted by Gasteiger charge is 2.25. The van der Waals surface area contributed by atoms with Crippen molar-refractivity contribution < 1.29 is 13.2 Å². The van der Waals surface area contributed by atoms with E-state index in [0.29, 0.717) is 29.7 Å². The van der Waals surface area contributed by atoms with Crippen molar-refractivity contribution in [1.29, 1.82) is 0 Å². The smallest absolute Gasteiger partial charge is 0.262 e. The van der Waals surface area contributed by atoms with Crippen molar-refractivity contribution in [3.8, 4) is 0 Å². The van der Waals surface area contributed by atoms with Gasteiger partial charge in [0.05, 0.1) is 18.1 Å². The summed E-state index contributed by atoms with van der Waals surface area (Å²) >= 11 is 0. The normalized spacial score (nSPS) is 15.3. The second kappa shape index (κ2) is 9.07. The molecule has 1 saturated heterocycles. The van der Waals surface area contributed by atoms with Gasteiger partial charge in [-0.3, -0.25) is 4.72 Å². The molecular formula is C27H27N5O3S. The van der Waals surface area contributed by atoms with E-state index in [1.807, 2.05) is 43.3 Å². The van der Waals surface area contributed by atoms with Crippen LogP contribution >= 0.6 is 0 Å². The largest absolute Gasteiger partial charge is 0.378 e. The summed E-state index contributed by atoms with van der Waals surface area (Å²) in [4.78, 5) is 11.7. The molecule has 0 amide bonds. The highest BCUT2D eigenvalue weighted by molar-refractivity contribution is 7.92. The molecule has 9 heteroatoms. The molecule has 3 aromatic carbocycles. The number of nitrogens with zero attached hydrogens (tertiary/aromatic N) is 3. The van der Waals surface area contributed by atoms with Crippen LogP contribution in [0.15, 0.2) is 65.6 Å². The fourth-order valence-electron chi connectivity index (χ4n) is 5.01. The lowest BCUT2D eigenvalue weighted by Gasteiger charge is -2.28. The number of benzene rings is 3. The Morgan fingerprint density at radius 3 is 2.50 bits per heavy atom. The molecular weight excluding hydrogens is 474 g/mol. The second-order valence-corrected chi connectivity index (χ2v) is 10.8. The highest BCUT2D eigenvalue weighted by Crippen LogP contribution is 2.35. The van der Waals surface area contributed by atoms with Crippen molar-refractivity contribution in [3.05, 3.63) is 77.5 Å². The van der Waals surface area contributed by atoms with Crippen LogP contribution in [0.1, 0.15) is 16.8 Å². The average molecular weight is 502 g/mol. The van der Waals surface area contributed by atoms with Gasteiger partial charge in [-0.15, -0.1) is 0 Å². The summed E-state index contributed by atoms with van der Waals surface area (Å²) in [5, 5.41) is 5.40. The van der Waals surface area contributed by atoms with E-state index >= 15 is 0 Å². The van der Waals surface area contributed by atoms with Gasteiger partial charge in [-0.2, -0.15) is 4.98 Å². The van der Waals surface area contributed by atoms with Gasteiger partial charge in [0.25, 0.3) is 10.0 Å². The average Bonchev–Trinajstić information content (AvgIpc) is 3.31. The number of aromatic nitrogens is 2. The third kappa shape index (κ3) is 4.36. The number of rotatable bonds is 6. The van der Waals surface area contributed by atoms with Gasteiger partial charge >= 0.3 is 0 Å². The fourth-order valence-corrected chi connectivity index (χ4v) is 6.34. The van der Waals surface area contributed by atoms with E-state index in [1.54, 1.807) is 18.2 Å². The van der Waals surface area contributed by atoms with Crippen LogP contribution < -0.4 is 14.9 Å². The first-order chi connectivity index (χ1) is 17.5. The van der Waals surface area contributed by atoms with Crippen LogP contribution in [0, 0.1) is 6.92 Å². The van der Waals surface area contributed by atoms with Gasteiger partial charge in [-0.05, 0) is 72.0 Å². The minimum atomic E-state index is -3.72. The molecule has 6 rings (SSSR count). The van der Waals surface area contributed by atoms with E-state index in [-0.39, 0.29) is 0 Å². The van der Waals surface area contributed by atoms with Gasteiger partial charge in [0, 0.05) is 36.2 Å². The molecule has 4 aromatic rings. The van der Waals surface area contributed by atoms with Crippen LogP contribution in [0.2, 0.25) is 0 Å². The fraction of sp³-hybridized carbons (Fsp3) is 0.259. The summed E-state index contributed by atoms with van der Waals surface area (Å²) in [6.45, 7) is 4.90. The molecule has 36 heavy (non-hydrogen) atoms. The zero-order valence-electron chi connectivity index (χ0n) is 20.0. The summed E-state index contributed by atoms with van der Waals surface area (Å²) in [6, 6.07) is 18.8. The molecule has 0 bridgehead atoms. The Morgan fingerprint density at radius 2 is 1.69 bits per heavy atom. The Balaban J connectivity index is 1.20. The molecule has 1 aliphatic heterocycles. The van der Waals surface area contributed by atoms with Crippen molar-refractivity contribution in [2.75, 3.05) is 41.2 Å². The number of anilines is 4. The molecule has 2 N–H and O–H groups in total. The highest BCUT2D eigenvalue weighted by atomic mass is 32.2. The lowest BCUT2D eigenvalue weighted by molar-refractivity contribution is 0.122. The maximum Gasteiger partial charge on any atom is 0.262 e. The Labute approximate surface area is 210 Å². The first-order valence-electron chi connectivity index (χ1n) is 12.1. The van der Waals surface area contributed by atoms with Gasteiger partial charge in [0.1, 0.15) is 5.82 Å². The number of aryl methyl sites for hydroxylation is 3. The number of ether oxygens (including phenoxy) is 1. The molecule has 0 atom stereocenters. The van der Waals surface area contributed by atoms with Gasteiger partial charge in [-0.25, -0.2) is 13.4 Å². The van der Waals surface area contributed by atoms with E-state index in [4.69, 9.17) is 4.74 Å². The van der Waals surface area contributed by atoms with Crippen LogP contribution in [0.5, 0.6) is 0 Å². The first-order valence-corrected chi connectivity index (χ1v) is 13.6. The first kappa shape index (κ1) is 22.8. The quantitative estimate of drug-likeness (QED) is 0.404. The Morgan fingerprint density at radius 1 is 0.917 bits per heavy atom. The summed E-state index contributed by atoms with van der Waals surface area (Å²) in [6.07, 6.45) is 1.60. The third-order valence-electron chi connectivity index (χ3n) is 6.70. The Bertz CT molecular complexity index is 1550. The predicted molar refractivity (Wildman–Crippen MR) is 142 cm³/mol.